The molecule has 2 aliphatic heterocycles. The van der Waals surface area contributed by atoms with Crippen LogP contribution in [0.5, 0.6) is 23.0 Å². The fourth-order valence-corrected chi connectivity index (χ4v) is 13.1. The van der Waals surface area contributed by atoms with E-state index in [0.717, 1.165) is 36.8 Å². The highest BCUT2D eigenvalue weighted by molar-refractivity contribution is 6.34. The number of rotatable bonds is 18. The van der Waals surface area contributed by atoms with Crippen LogP contribution in [-0.2, 0) is 11.2 Å². The van der Waals surface area contributed by atoms with Gasteiger partial charge >= 0.3 is 0 Å². The number of hydrogen-bond acceptors (Lipinski definition) is 12. The van der Waals surface area contributed by atoms with E-state index in [1.807, 2.05) is 88.4 Å². The lowest BCUT2D eigenvalue weighted by atomic mass is 9.77. The van der Waals surface area contributed by atoms with Crippen LogP contribution in [0, 0.1) is 23.3 Å². The summed E-state index contributed by atoms with van der Waals surface area (Å²) in [7, 11) is 0. The molecule has 4 aliphatic rings. The van der Waals surface area contributed by atoms with Crippen molar-refractivity contribution in [1.82, 2.24) is 10.6 Å². The Labute approximate surface area is 508 Å². The van der Waals surface area contributed by atoms with Crippen molar-refractivity contribution < 1.29 is 66.5 Å². The summed E-state index contributed by atoms with van der Waals surface area (Å²) in [6.45, 7) is 10.7. The predicted molar refractivity (Wildman–Crippen MR) is 321 cm³/mol. The van der Waals surface area contributed by atoms with Crippen LogP contribution in [-0.4, -0.2) is 94.0 Å². The molecule has 6 aromatic rings. The molecule has 0 radical (unpaired) electrons. The third-order valence-electron chi connectivity index (χ3n) is 17.5. The molecule has 6 atom stereocenters. The average Bonchev–Trinajstić information content (AvgIpc) is 1.55. The highest BCUT2D eigenvalue weighted by Gasteiger charge is 2.52. The normalized spacial score (nSPS) is 25.6. The second-order valence-electron chi connectivity index (χ2n) is 24.0. The Morgan fingerprint density at radius 2 is 0.930 bits per heavy atom. The van der Waals surface area contributed by atoms with Gasteiger partial charge in [-0.3, -0.25) is 9.59 Å². The third kappa shape index (κ3) is 12.9. The van der Waals surface area contributed by atoms with Gasteiger partial charge in [0.25, 0.3) is 0 Å². The second kappa shape index (κ2) is 25.7. The molecule has 2 saturated carbocycles. The van der Waals surface area contributed by atoms with Crippen LogP contribution in [0.2, 0.25) is 10.0 Å². The SMILES string of the molecule is C[C@H](O)COc1ccc(C(N)=O)c(-c2c(Cl)c(F)cc3c2[C@H](C)[C@@](CNC2CCC(C)(O)CC2)(c2ccccc2)O3)c1F.C[C@H](O)COc1ccc(C(N)=O)c(-c2c(Cl)c(F)cc3c2[C@H](C)[C@@](CNC2CCC(C)(O)CC2)(c2ccccc2)O3)c1F. The Bertz CT molecular complexity index is 3240. The topological polar surface area (TPSA) is 228 Å². The molecule has 14 nitrogen and oxygen atoms in total. The Morgan fingerprint density at radius 1 is 0.593 bits per heavy atom. The summed E-state index contributed by atoms with van der Waals surface area (Å²) in [6, 6.07) is 26.7. The van der Waals surface area contributed by atoms with E-state index in [1.54, 1.807) is 0 Å². The van der Waals surface area contributed by atoms with Gasteiger partial charge in [0.05, 0.1) is 44.6 Å². The highest BCUT2D eigenvalue weighted by atomic mass is 35.5. The summed E-state index contributed by atoms with van der Waals surface area (Å²) >= 11 is 13.2. The first-order valence-electron chi connectivity index (χ1n) is 29.0. The van der Waals surface area contributed by atoms with Crippen LogP contribution in [0.25, 0.3) is 22.3 Å². The molecule has 2 aliphatic carbocycles. The second-order valence-corrected chi connectivity index (χ2v) is 24.8. The average molecular weight is 1230 g/mol. The molecule has 2 amide bonds. The number of carbonyl (C=O) groups is 2. The van der Waals surface area contributed by atoms with Gasteiger partial charge in [0.2, 0.25) is 11.8 Å². The van der Waals surface area contributed by atoms with Crippen molar-refractivity contribution in [2.75, 3.05) is 26.3 Å². The van der Waals surface area contributed by atoms with Gasteiger partial charge < -0.3 is 61.5 Å². The quantitative estimate of drug-likeness (QED) is 0.0376. The number of ether oxygens (including phenoxy) is 4. The Morgan fingerprint density at radius 3 is 1.24 bits per heavy atom. The van der Waals surface area contributed by atoms with Crippen molar-refractivity contribution in [3.05, 3.63) is 164 Å². The lowest BCUT2D eigenvalue weighted by molar-refractivity contribution is 0.00842. The standard InChI is InChI=1S/2C33H37ClF2N2O5/c2*1-18(39)16-42-24-10-9-22(31(37)40)27(30(24)36)28-26-19(2)33(20-7-5-4-6-8-20,43-25(26)15-23(35)29(28)34)17-38-21-11-13-32(3,41)14-12-21/h2*4-10,15,18-19,21,38-39,41H,11-14,16-17H2,1-3H3,(H2,37,40)/t2*18-,19-,21?,32?,33-/m00/s1. The summed E-state index contributed by atoms with van der Waals surface area (Å²) in [5, 5.41) is 46.7. The van der Waals surface area contributed by atoms with Gasteiger partial charge in [-0.15, -0.1) is 0 Å². The Kier molecular flexibility index (Phi) is 19.1. The van der Waals surface area contributed by atoms with E-state index in [1.165, 1.54) is 50.2 Å². The Balaban J connectivity index is 0.000000205. The van der Waals surface area contributed by atoms with Crippen LogP contribution in [0.1, 0.15) is 148 Å². The van der Waals surface area contributed by atoms with Crippen molar-refractivity contribution in [3.63, 3.8) is 0 Å². The minimum atomic E-state index is -1.04. The van der Waals surface area contributed by atoms with E-state index in [2.05, 4.69) is 10.6 Å². The summed E-state index contributed by atoms with van der Waals surface area (Å²) in [5.41, 5.74) is 9.31. The molecular weight excluding hydrogens is 1160 g/mol. The molecule has 10 rings (SSSR count). The Hall–Kier alpha value is -6.48. The molecular formula is C66H74Cl2F4N4O10. The molecule has 86 heavy (non-hydrogen) atoms. The first-order valence-corrected chi connectivity index (χ1v) is 29.8. The maximum Gasteiger partial charge on any atom is 0.249 e. The van der Waals surface area contributed by atoms with Crippen molar-refractivity contribution in [2.24, 2.45) is 11.5 Å². The lowest BCUT2D eigenvalue weighted by Crippen LogP contribution is -2.49. The maximum atomic E-state index is 16.2. The molecule has 6 aromatic carbocycles. The molecule has 0 bridgehead atoms. The molecule has 0 spiro atoms. The van der Waals surface area contributed by atoms with Crippen LogP contribution in [0.4, 0.5) is 17.6 Å². The molecule has 0 aromatic heterocycles. The maximum absolute atomic E-state index is 16.2. The summed E-state index contributed by atoms with van der Waals surface area (Å²) < 4.78 is 87.8. The zero-order valence-corrected chi connectivity index (χ0v) is 50.4. The van der Waals surface area contributed by atoms with E-state index in [4.69, 9.17) is 53.6 Å². The fourth-order valence-electron chi connectivity index (χ4n) is 12.6. The van der Waals surface area contributed by atoms with Crippen molar-refractivity contribution in [3.8, 4) is 45.3 Å². The van der Waals surface area contributed by atoms with E-state index >= 15 is 17.6 Å². The number of fused-ring (bicyclic) bond motifs is 2. The van der Waals surface area contributed by atoms with Gasteiger partial charge in [-0.05, 0) is 114 Å². The number of aliphatic hydroxyl groups excluding tert-OH is 2. The summed E-state index contributed by atoms with van der Waals surface area (Å²) in [4.78, 5) is 25.1. The van der Waals surface area contributed by atoms with Gasteiger partial charge in [0.1, 0.15) is 36.3 Å². The van der Waals surface area contributed by atoms with Gasteiger partial charge in [-0.1, -0.05) is 97.7 Å². The van der Waals surface area contributed by atoms with Crippen LogP contribution in [0.3, 0.4) is 0 Å². The van der Waals surface area contributed by atoms with Crippen molar-refractivity contribution in [1.29, 1.82) is 0 Å². The zero-order valence-electron chi connectivity index (χ0n) is 48.8. The largest absolute Gasteiger partial charge is 0.488 e. The minimum absolute atomic E-state index is 0.0375. The summed E-state index contributed by atoms with van der Waals surface area (Å²) in [6.07, 6.45) is 3.97. The fraction of sp³-hybridized carbons (Fsp3) is 0.424. The number of nitrogens with two attached hydrogens (primary N) is 2. The van der Waals surface area contributed by atoms with Crippen LogP contribution in [0.15, 0.2) is 97.1 Å². The zero-order chi connectivity index (χ0) is 62.2. The number of nitrogens with one attached hydrogen (secondary N) is 2. The lowest BCUT2D eigenvalue weighted by Gasteiger charge is -2.38. The molecule has 460 valence electrons. The number of halogens is 6. The van der Waals surface area contributed by atoms with Crippen LogP contribution < -0.4 is 41.0 Å². The molecule has 2 fully saturated rings. The van der Waals surface area contributed by atoms with Gasteiger partial charge in [0.15, 0.2) is 34.3 Å². The van der Waals surface area contributed by atoms with Crippen LogP contribution >= 0.6 is 23.2 Å². The third-order valence-corrected chi connectivity index (χ3v) is 18.2. The molecule has 10 N–H and O–H groups in total. The van der Waals surface area contributed by atoms with E-state index in [-0.39, 0.29) is 91.7 Å². The van der Waals surface area contributed by atoms with Gasteiger partial charge in [-0.2, -0.15) is 0 Å². The summed E-state index contributed by atoms with van der Waals surface area (Å²) in [5.74, 6) is -6.61. The van der Waals surface area contributed by atoms with E-state index in [9.17, 15) is 30.0 Å². The van der Waals surface area contributed by atoms with E-state index < -0.39 is 81.5 Å². The number of primary amides is 2. The number of amides is 2. The first kappa shape index (κ1) is 64.0. The van der Waals surface area contributed by atoms with Gasteiger partial charge in [0, 0.05) is 82.5 Å². The monoisotopic (exact) mass is 1230 g/mol. The number of hydrogen-bond donors (Lipinski definition) is 8. The number of carbonyl (C=O) groups excluding carboxylic acids is 2. The number of benzene rings is 6. The molecule has 0 saturated heterocycles. The first-order chi connectivity index (χ1) is 40.7. The highest BCUT2D eigenvalue weighted by Crippen LogP contribution is 2.59. The number of aliphatic hydroxyl groups is 4. The van der Waals surface area contributed by atoms with Crippen molar-refractivity contribution in [2.45, 2.75) is 151 Å². The predicted octanol–water partition coefficient (Wildman–Crippen LogP) is 11.6. The molecule has 20 heteroatoms. The smallest absolute Gasteiger partial charge is 0.249 e. The van der Waals surface area contributed by atoms with E-state index in [0.29, 0.717) is 49.9 Å². The molecule has 0 unspecified atom stereocenters. The minimum Gasteiger partial charge on any atom is -0.488 e. The van der Waals surface area contributed by atoms with Crippen molar-refractivity contribution >= 4 is 35.0 Å². The molecule has 2 heterocycles. The van der Waals surface area contributed by atoms with Gasteiger partial charge in [-0.25, -0.2) is 17.6 Å².